The summed E-state index contributed by atoms with van der Waals surface area (Å²) in [5.41, 5.74) is 0.452. The van der Waals surface area contributed by atoms with Crippen molar-refractivity contribution in [2.75, 3.05) is 5.32 Å². The molecule has 0 fully saturated rings. The predicted octanol–water partition coefficient (Wildman–Crippen LogP) is 4.39. The first-order valence-corrected chi connectivity index (χ1v) is 8.92. The fourth-order valence-electron chi connectivity index (χ4n) is 2.81. The highest BCUT2D eigenvalue weighted by molar-refractivity contribution is 6.32. The van der Waals surface area contributed by atoms with E-state index in [0.29, 0.717) is 23.5 Å². The van der Waals surface area contributed by atoms with Crippen LogP contribution in [-0.2, 0) is 23.9 Å². The molecule has 0 aliphatic heterocycles. The lowest BCUT2D eigenvalue weighted by Crippen LogP contribution is -2.21. The van der Waals surface area contributed by atoms with Crippen molar-refractivity contribution < 1.29 is 22.4 Å². The van der Waals surface area contributed by atoms with E-state index in [9.17, 15) is 22.4 Å². The first kappa shape index (κ1) is 20.8. The van der Waals surface area contributed by atoms with E-state index >= 15 is 0 Å². The van der Waals surface area contributed by atoms with Crippen molar-refractivity contribution in [2.45, 2.75) is 33.0 Å². The third-order valence-electron chi connectivity index (χ3n) is 4.24. The molecule has 0 aliphatic carbocycles. The number of hydrogen-bond acceptors (Lipinski definition) is 3. The van der Waals surface area contributed by atoms with Crippen LogP contribution in [-0.4, -0.2) is 25.5 Å². The lowest BCUT2D eigenvalue weighted by atomic mass is 10.2. The normalized spacial score (nSPS) is 11.7. The minimum atomic E-state index is -4.71. The molecule has 0 saturated carbocycles. The topological polar surface area (TPSA) is 64.7 Å². The molecule has 6 nitrogen and oxygen atoms in total. The smallest absolute Gasteiger partial charge is 0.322 e. The number of carbonyl (C=O) groups is 1. The van der Waals surface area contributed by atoms with Crippen molar-refractivity contribution in [2.24, 2.45) is 0 Å². The third kappa shape index (κ3) is 4.26. The summed E-state index contributed by atoms with van der Waals surface area (Å²) in [5, 5.41) is 9.70. The van der Waals surface area contributed by atoms with Crippen molar-refractivity contribution >= 4 is 23.2 Å². The minimum absolute atomic E-state index is 0.0341. The summed E-state index contributed by atoms with van der Waals surface area (Å²) < 4.78 is 54.3. The van der Waals surface area contributed by atoms with Crippen molar-refractivity contribution in [3.63, 3.8) is 0 Å². The number of benzene rings is 1. The summed E-state index contributed by atoms with van der Waals surface area (Å²) in [6, 6.07) is 5.66. The van der Waals surface area contributed by atoms with Gasteiger partial charge >= 0.3 is 6.18 Å². The summed E-state index contributed by atoms with van der Waals surface area (Å²) in [7, 11) is 0. The molecule has 1 amide bonds. The molecule has 0 radical (unpaired) electrons. The van der Waals surface area contributed by atoms with Crippen LogP contribution in [0, 0.1) is 12.7 Å². The first-order chi connectivity index (χ1) is 13.6. The summed E-state index contributed by atoms with van der Waals surface area (Å²) in [5.74, 6) is -0.978. The Morgan fingerprint density at radius 2 is 1.90 bits per heavy atom. The number of nitrogens with one attached hydrogen (secondary N) is 1. The summed E-state index contributed by atoms with van der Waals surface area (Å²) >= 11 is 5.70. The fraction of sp³-hybridized carbons (Fsp3) is 0.278. The van der Waals surface area contributed by atoms with E-state index in [1.54, 1.807) is 16.8 Å². The molecule has 3 aromatic rings. The second-order valence-electron chi connectivity index (χ2n) is 6.20. The Morgan fingerprint density at radius 1 is 1.24 bits per heavy atom. The molecular formula is C18H16ClF4N5O. The average Bonchev–Trinajstić information content (AvgIpc) is 3.17. The minimum Gasteiger partial charge on any atom is -0.322 e. The molecule has 0 aliphatic rings. The lowest BCUT2D eigenvalue weighted by molar-refractivity contribution is -0.141. The molecule has 0 bridgehead atoms. The van der Waals surface area contributed by atoms with E-state index in [1.165, 1.54) is 25.3 Å². The van der Waals surface area contributed by atoms with Gasteiger partial charge in [0.25, 0.3) is 0 Å². The van der Waals surface area contributed by atoms with E-state index in [2.05, 4.69) is 15.5 Å². The van der Waals surface area contributed by atoms with Gasteiger partial charge in [-0.25, -0.2) is 9.07 Å². The molecule has 11 heteroatoms. The van der Waals surface area contributed by atoms with Gasteiger partial charge in [0.1, 0.15) is 12.4 Å². The number of rotatable bonds is 5. The lowest BCUT2D eigenvalue weighted by Gasteiger charge is -2.09. The second-order valence-corrected chi connectivity index (χ2v) is 6.58. The molecule has 0 saturated heterocycles. The maximum atomic E-state index is 13.1. The summed E-state index contributed by atoms with van der Waals surface area (Å²) in [6.45, 7) is 2.74. The van der Waals surface area contributed by atoms with Gasteiger partial charge in [-0.05, 0) is 37.6 Å². The van der Waals surface area contributed by atoms with Crippen LogP contribution in [0.15, 0.2) is 30.5 Å². The molecule has 2 aromatic heterocycles. The van der Waals surface area contributed by atoms with Gasteiger partial charge in [0.15, 0.2) is 5.69 Å². The molecule has 0 atom stereocenters. The Balaban J connectivity index is 1.81. The number of amides is 1. The largest absolute Gasteiger partial charge is 0.436 e. The van der Waals surface area contributed by atoms with Gasteiger partial charge in [0, 0.05) is 0 Å². The molecule has 2 heterocycles. The SMILES string of the molecule is CCc1c(NC(=O)Cn2nc(C(F)(F)F)c(Cl)c2C)cnn1-c1ccc(F)cc1. The second kappa shape index (κ2) is 7.86. The Labute approximate surface area is 168 Å². The number of halogens is 5. The number of nitrogens with zero attached hydrogens (tertiary/aromatic N) is 4. The van der Waals surface area contributed by atoms with Gasteiger partial charge in [-0.1, -0.05) is 18.5 Å². The van der Waals surface area contributed by atoms with Crippen LogP contribution in [0.3, 0.4) is 0 Å². The zero-order valence-electron chi connectivity index (χ0n) is 15.4. The third-order valence-corrected chi connectivity index (χ3v) is 4.70. The van der Waals surface area contributed by atoms with E-state index in [0.717, 1.165) is 4.68 Å². The van der Waals surface area contributed by atoms with E-state index in [4.69, 9.17) is 11.6 Å². The Hall–Kier alpha value is -2.88. The number of hydrogen-bond donors (Lipinski definition) is 1. The fourth-order valence-corrected chi connectivity index (χ4v) is 3.05. The van der Waals surface area contributed by atoms with Crippen LogP contribution >= 0.6 is 11.6 Å². The number of carbonyl (C=O) groups excluding carboxylic acids is 1. The Bertz CT molecular complexity index is 1040. The van der Waals surface area contributed by atoms with E-state index < -0.39 is 29.3 Å². The standard InChI is InChI=1S/C18H16ClF4N5O/c1-3-14-13(8-24-28(14)12-6-4-11(20)5-7-12)25-15(29)9-27-10(2)16(19)17(26-27)18(21,22)23/h4-8H,3,9H2,1-2H3,(H,25,29). The van der Waals surface area contributed by atoms with Gasteiger partial charge in [0.05, 0.1) is 34.0 Å². The Morgan fingerprint density at radius 3 is 2.45 bits per heavy atom. The maximum Gasteiger partial charge on any atom is 0.436 e. The van der Waals surface area contributed by atoms with Gasteiger partial charge in [-0.15, -0.1) is 0 Å². The first-order valence-electron chi connectivity index (χ1n) is 8.54. The van der Waals surface area contributed by atoms with Crippen LogP contribution in [0.25, 0.3) is 5.69 Å². The van der Waals surface area contributed by atoms with Gasteiger partial charge in [0.2, 0.25) is 5.91 Å². The highest BCUT2D eigenvalue weighted by Gasteiger charge is 2.38. The van der Waals surface area contributed by atoms with Crippen LogP contribution < -0.4 is 5.32 Å². The molecular weight excluding hydrogens is 414 g/mol. The predicted molar refractivity (Wildman–Crippen MR) is 98.5 cm³/mol. The Kier molecular flexibility index (Phi) is 5.65. The number of alkyl halides is 3. The number of anilines is 1. The zero-order chi connectivity index (χ0) is 21.3. The van der Waals surface area contributed by atoms with Gasteiger partial charge in [-0.3, -0.25) is 9.48 Å². The molecule has 0 spiro atoms. The van der Waals surface area contributed by atoms with Gasteiger partial charge in [-0.2, -0.15) is 23.4 Å². The number of aromatic nitrogens is 4. The quantitative estimate of drug-likeness (QED) is 0.612. The summed E-state index contributed by atoms with van der Waals surface area (Å²) in [6.07, 6.45) is -2.79. The van der Waals surface area contributed by atoms with Crippen LogP contribution in [0.5, 0.6) is 0 Å². The van der Waals surface area contributed by atoms with Crippen LogP contribution in [0.2, 0.25) is 5.02 Å². The van der Waals surface area contributed by atoms with Crippen LogP contribution in [0.4, 0.5) is 23.2 Å². The highest BCUT2D eigenvalue weighted by Crippen LogP contribution is 2.35. The molecule has 154 valence electrons. The molecule has 0 unspecified atom stereocenters. The van der Waals surface area contributed by atoms with Crippen molar-refractivity contribution in [1.82, 2.24) is 19.6 Å². The zero-order valence-corrected chi connectivity index (χ0v) is 16.1. The highest BCUT2D eigenvalue weighted by atomic mass is 35.5. The van der Waals surface area contributed by atoms with Gasteiger partial charge < -0.3 is 5.32 Å². The van der Waals surface area contributed by atoms with Crippen LogP contribution in [0.1, 0.15) is 24.0 Å². The van der Waals surface area contributed by atoms with E-state index in [1.807, 2.05) is 6.92 Å². The molecule has 29 heavy (non-hydrogen) atoms. The molecule has 3 rings (SSSR count). The van der Waals surface area contributed by atoms with Crippen molar-refractivity contribution in [1.29, 1.82) is 0 Å². The van der Waals surface area contributed by atoms with E-state index in [-0.39, 0.29) is 11.5 Å². The monoisotopic (exact) mass is 429 g/mol. The maximum absolute atomic E-state index is 13.1. The molecule has 1 aromatic carbocycles. The molecule has 1 N–H and O–H groups in total. The average molecular weight is 430 g/mol. The summed E-state index contributed by atoms with van der Waals surface area (Å²) in [4.78, 5) is 12.4. The van der Waals surface area contributed by atoms with Crippen molar-refractivity contribution in [3.8, 4) is 5.69 Å². The van der Waals surface area contributed by atoms with Crippen molar-refractivity contribution in [3.05, 3.63) is 58.4 Å².